The molecule has 1 heterocycles. The van der Waals surface area contributed by atoms with Gasteiger partial charge in [0.25, 0.3) is 0 Å². The molecule has 1 aliphatic heterocycles. The van der Waals surface area contributed by atoms with Crippen LogP contribution in [0.1, 0.15) is 23.2 Å². The van der Waals surface area contributed by atoms with E-state index in [1.54, 1.807) is 0 Å². The van der Waals surface area contributed by atoms with E-state index in [1.807, 2.05) is 0 Å². The summed E-state index contributed by atoms with van der Waals surface area (Å²) in [5.41, 5.74) is -0.723. The molecule has 19 heavy (non-hydrogen) atoms. The number of hydrogen-bond donors (Lipinski definition) is 3. The highest BCUT2D eigenvalue weighted by Gasteiger charge is 2.28. The smallest absolute Gasteiger partial charge is 0.340 e. The SMILES string of the molecule is O=C1CC[C@H](C(=O)Nc2cccc(F)c2C(=O)O)N1. The van der Waals surface area contributed by atoms with Crippen molar-refractivity contribution in [3.8, 4) is 0 Å². The highest BCUT2D eigenvalue weighted by Crippen LogP contribution is 2.20. The van der Waals surface area contributed by atoms with E-state index in [-0.39, 0.29) is 18.0 Å². The molecule has 1 saturated heterocycles. The van der Waals surface area contributed by atoms with Gasteiger partial charge in [-0.05, 0) is 18.6 Å². The molecular weight excluding hydrogens is 255 g/mol. The Kier molecular flexibility index (Phi) is 3.46. The van der Waals surface area contributed by atoms with E-state index in [0.29, 0.717) is 6.42 Å². The van der Waals surface area contributed by atoms with Crippen molar-refractivity contribution in [1.82, 2.24) is 5.32 Å². The van der Waals surface area contributed by atoms with Gasteiger partial charge in [0.1, 0.15) is 17.4 Å². The molecule has 1 aromatic carbocycles. The molecule has 0 spiro atoms. The predicted octanol–water partition coefficient (Wildman–Crippen LogP) is 0.741. The van der Waals surface area contributed by atoms with Crippen molar-refractivity contribution in [1.29, 1.82) is 0 Å². The molecule has 3 N–H and O–H groups in total. The van der Waals surface area contributed by atoms with Crippen LogP contribution in [0.15, 0.2) is 18.2 Å². The lowest BCUT2D eigenvalue weighted by Gasteiger charge is -2.12. The Morgan fingerprint density at radius 3 is 2.74 bits per heavy atom. The van der Waals surface area contributed by atoms with Gasteiger partial charge in [-0.25, -0.2) is 9.18 Å². The number of halogens is 1. The normalized spacial score (nSPS) is 17.9. The second kappa shape index (κ2) is 5.05. The topological polar surface area (TPSA) is 95.5 Å². The number of aromatic carboxylic acids is 1. The van der Waals surface area contributed by atoms with E-state index in [9.17, 15) is 18.8 Å². The summed E-state index contributed by atoms with van der Waals surface area (Å²) in [5, 5.41) is 13.7. The Morgan fingerprint density at radius 2 is 2.16 bits per heavy atom. The summed E-state index contributed by atoms with van der Waals surface area (Å²) in [5.74, 6) is -3.19. The number of hydrogen-bond acceptors (Lipinski definition) is 3. The van der Waals surface area contributed by atoms with E-state index >= 15 is 0 Å². The number of amides is 2. The minimum Gasteiger partial charge on any atom is -0.478 e. The molecule has 0 radical (unpaired) electrons. The quantitative estimate of drug-likeness (QED) is 0.752. The molecule has 7 heteroatoms. The third-order valence-corrected chi connectivity index (χ3v) is 2.80. The first kappa shape index (κ1) is 13.0. The number of carbonyl (C=O) groups excluding carboxylic acids is 2. The number of carbonyl (C=O) groups is 3. The zero-order chi connectivity index (χ0) is 14.0. The predicted molar refractivity (Wildman–Crippen MR) is 63.2 cm³/mol. The van der Waals surface area contributed by atoms with Crippen LogP contribution in [-0.4, -0.2) is 28.9 Å². The monoisotopic (exact) mass is 266 g/mol. The Morgan fingerprint density at radius 1 is 1.42 bits per heavy atom. The molecule has 0 bridgehead atoms. The number of carboxylic acid groups (broad SMARTS) is 1. The highest BCUT2D eigenvalue weighted by atomic mass is 19.1. The first-order valence-electron chi connectivity index (χ1n) is 5.61. The zero-order valence-corrected chi connectivity index (χ0v) is 9.77. The summed E-state index contributed by atoms with van der Waals surface area (Å²) in [6.45, 7) is 0. The van der Waals surface area contributed by atoms with Crippen LogP contribution in [0.3, 0.4) is 0 Å². The van der Waals surface area contributed by atoms with Gasteiger partial charge in [0.15, 0.2) is 0 Å². The largest absolute Gasteiger partial charge is 0.478 e. The lowest BCUT2D eigenvalue weighted by atomic mass is 10.1. The summed E-state index contributed by atoms with van der Waals surface area (Å²) in [6, 6.07) is 2.87. The van der Waals surface area contributed by atoms with E-state index in [0.717, 1.165) is 6.07 Å². The van der Waals surface area contributed by atoms with Gasteiger partial charge >= 0.3 is 5.97 Å². The molecule has 0 saturated carbocycles. The molecule has 1 aliphatic rings. The van der Waals surface area contributed by atoms with Crippen molar-refractivity contribution in [2.45, 2.75) is 18.9 Å². The van der Waals surface area contributed by atoms with Crippen LogP contribution in [-0.2, 0) is 9.59 Å². The summed E-state index contributed by atoms with van der Waals surface area (Å²) in [6.07, 6.45) is 0.579. The number of rotatable bonds is 3. The van der Waals surface area contributed by atoms with Gasteiger partial charge < -0.3 is 15.7 Å². The maximum atomic E-state index is 13.4. The van der Waals surface area contributed by atoms with Crippen molar-refractivity contribution in [2.24, 2.45) is 0 Å². The minimum absolute atomic E-state index is 0.126. The van der Waals surface area contributed by atoms with Crippen LogP contribution in [0, 0.1) is 5.82 Å². The van der Waals surface area contributed by atoms with Gasteiger partial charge in [-0.15, -0.1) is 0 Å². The molecule has 1 fully saturated rings. The number of benzene rings is 1. The van der Waals surface area contributed by atoms with Crippen LogP contribution < -0.4 is 10.6 Å². The Bertz CT molecular complexity index is 559. The fourth-order valence-corrected chi connectivity index (χ4v) is 1.88. The van der Waals surface area contributed by atoms with E-state index in [1.165, 1.54) is 12.1 Å². The van der Waals surface area contributed by atoms with E-state index in [2.05, 4.69) is 10.6 Å². The third-order valence-electron chi connectivity index (χ3n) is 2.80. The fourth-order valence-electron chi connectivity index (χ4n) is 1.88. The van der Waals surface area contributed by atoms with Gasteiger partial charge in [0.2, 0.25) is 11.8 Å². The molecule has 0 aromatic heterocycles. The number of carboxylic acids is 1. The molecule has 1 atom stereocenters. The van der Waals surface area contributed by atoms with Crippen molar-refractivity contribution < 1.29 is 23.9 Å². The van der Waals surface area contributed by atoms with Gasteiger partial charge in [-0.3, -0.25) is 9.59 Å². The zero-order valence-electron chi connectivity index (χ0n) is 9.77. The Labute approximate surface area is 107 Å². The van der Waals surface area contributed by atoms with Gasteiger partial charge in [0, 0.05) is 6.42 Å². The lowest BCUT2D eigenvalue weighted by molar-refractivity contribution is -0.122. The number of nitrogens with one attached hydrogen (secondary N) is 2. The first-order chi connectivity index (χ1) is 8.99. The maximum absolute atomic E-state index is 13.4. The van der Waals surface area contributed by atoms with Crippen molar-refractivity contribution in [2.75, 3.05) is 5.32 Å². The van der Waals surface area contributed by atoms with Crippen molar-refractivity contribution >= 4 is 23.5 Å². The summed E-state index contributed by atoms with van der Waals surface area (Å²) in [7, 11) is 0. The molecule has 100 valence electrons. The highest BCUT2D eigenvalue weighted by molar-refractivity contribution is 6.04. The van der Waals surface area contributed by atoms with Gasteiger partial charge in [0.05, 0.1) is 5.69 Å². The summed E-state index contributed by atoms with van der Waals surface area (Å²) in [4.78, 5) is 33.7. The molecule has 1 aromatic rings. The average Bonchev–Trinajstić information content (AvgIpc) is 2.75. The first-order valence-corrected chi connectivity index (χ1v) is 5.61. The third kappa shape index (κ3) is 2.70. The molecule has 2 amide bonds. The molecule has 6 nitrogen and oxygen atoms in total. The Balaban J connectivity index is 2.19. The average molecular weight is 266 g/mol. The standard InChI is InChI=1S/C12H11FN2O4/c13-6-2-1-3-7(10(6)12(18)19)15-11(17)8-4-5-9(16)14-8/h1-3,8H,4-5H2,(H,14,16)(H,15,17)(H,18,19)/t8-/m1/s1. The van der Waals surface area contributed by atoms with E-state index < -0.39 is 29.3 Å². The van der Waals surface area contributed by atoms with E-state index in [4.69, 9.17) is 5.11 Å². The van der Waals surface area contributed by atoms with Crippen LogP contribution in [0.2, 0.25) is 0 Å². The second-order valence-corrected chi connectivity index (χ2v) is 4.12. The van der Waals surface area contributed by atoms with Crippen molar-refractivity contribution in [3.05, 3.63) is 29.6 Å². The van der Waals surface area contributed by atoms with Gasteiger partial charge in [-0.2, -0.15) is 0 Å². The number of anilines is 1. The molecule has 0 aliphatic carbocycles. The molecule has 2 rings (SSSR count). The van der Waals surface area contributed by atoms with Crippen LogP contribution in [0.5, 0.6) is 0 Å². The van der Waals surface area contributed by atoms with Crippen LogP contribution >= 0.6 is 0 Å². The lowest BCUT2D eigenvalue weighted by Crippen LogP contribution is -2.37. The van der Waals surface area contributed by atoms with Crippen molar-refractivity contribution in [3.63, 3.8) is 0 Å². The minimum atomic E-state index is -1.47. The maximum Gasteiger partial charge on any atom is 0.340 e. The Hall–Kier alpha value is -2.44. The van der Waals surface area contributed by atoms with Gasteiger partial charge in [-0.1, -0.05) is 6.07 Å². The molecule has 0 unspecified atom stereocenters. The second-order valence-electron chi connectivity index (χ2n) is 4.12. The summed E-state index contributed by atoms with van der Waals surface area (Å²) >= 11 is 0. The van der Waals surface area contributed by atoms with Crippen LogP contribution in [0.25, 0.3) is 0 Å². The molecular formula is C12H11FN2O4. The fraction of sp³-hybridized carbons (Fsp3) is 0.250. The van der Waals surface area contributed by atoms with Crippen LogP contribution in [0.4, 0.5) is 10.1 Å². The summed E-state index contributed by atoms with van der Waals surface area (Å²) < 4.78 is 13.4.